The van der Waals surface area contributed by atoms with Crippen LogP contribution >= 0.6 is 0 Å². The van der Waals surface area contributed by atoms with Crippen molar-refractivity contribution in [3.8, 4) is 0 Å². The summed E-state index contributed by atoms with van der Waals surface area (Å²) in [5.74, 6) is -0.345. The molecule has 3 nitrogen and oxygen atoms in total. The molecule has 0 aliphatic carbocycles. The molecular weight excluding hydrogens is 288 g/mol. The molecule has 0 saturated heterocycles. The van der Waals surface area contributed by atoms with E-state index in [4.69, 9.17) is 9.47 Å². The Morgan fingerprint density at radius 3 is 1.87 bits per heavy atom. The Morgan fingerprint density at radius 1 is 0.826 bits per heavy atom. The Labute approximate surface area is 143 Å². The first-order valence-corrected chi connectivity index (χ1v) is 9.15. The maximum atomic E-state index is 11.7. The summed E-state index contributed by atoms with van der Waals surface area (Å²) in [7, 11) is 0. The molecule has 134 valence electrons. The van der Waals surface area contributed by atoms with Gasteiger partial charge in [-0.25, -0.2) is 4.79 Å². The summed E-state index contributed by atoms with van der Waals surface area (Å²) < 4.78 is 10.5. The summed E-state index contributed by atoms with van der Waals surface area (Å²) >= 11 is 0. The second kappa shape index (κ2) is 15.8. The van der Waals surface area contributed by atoms with Crippen molar-refractivity contribution in [1.29, 1.82) is 0 Å². The van der Waals surface area contributed by atoms with Crippen LogP contribution in [-0.4, -0.2) is 25.8 Å². The molecule has 0 atom stereocenters. The Kier molecular flexibility index (Phi) is 15.0. The fourth-order valence-corrected chi connectivity index (χ4v) is 2.26. The molecular formula is C20H36O3. The topological polar surface area (TPSA) is 35.5 Å². The number of hydrogen-bond acceptors (Lipinski definition) is 3. The maximum absolute atomic E-state index is 11.7. The first-order chi connectivity index (χ1) is 11.1. The number of rotatable bonds is 16. The van der Waals surface area contributed by atoms with Crippen LogP contribution in [0.1, 0.15) is 78.1 Å². The highest BCUT2D eigenvalue weighted by Gasteiger charge is 2.08. The molecule has 0 unspecified atom stereocenters. The van der Waals surface area contributed by atoms with Crippen molar-refractivity contribution in [1.82, 2.24) is 0 Å². The molecule has 3 heteroatoms. The minimum absolute atomic E-state index is 0.212. The molecule has 0 aromatic rings. The van der Waals surface area contributed by atoms with Gasteiger partial charge in [0.15, 0.2) is 0 Å². The zero-order valence-corrected chi connectivity index (χ0v) is 15.3. The van der Waals surface area contributed by atoms with E-state index in [1.165, 1.54) is 51.4 Å². The average Bonchev–Trinajstić information content (AvgIpc) is 2.51. The SMILES string of the molecule is C=C(C)COCC(=C)C(=O)OCCCCCCCCCCCC. The van der Waals surface area contributed by atoms with Crippen LogP contribution in [0.2, 0.25) is 0 Å². The summed E-state index contributed by atoms with van der Waals surface area (Å²) in [6, 6.07) is 0. The van der Waals surface area contributed by atoms with E-state index in [0.717, 1.165) is 18.4 Å². The molecule has 0 aromatic carbocycles. The molecule has 23 heavy (non-hydrogen) atoms. The molecule has 0 bridgehead atoms. The number of carbonyl (C=O) groups is 1. The zero-order chi connectivity index (χ0) is 17.3. The third-order valence-corrected chi connectivity index (χ3v) is 3.64. The van der Waals surface area contributed by atoms with Crippen LogP contribution in [0.4, 0.5) is 0 Å². The minimum atomic E-state index is -0.345. The first-order valence-electron chi connectivity index (χ1n) is 9.15. The van der Waals surface area contributed by atoms with Gasteiger partial charge in [-0.15, -0.1) is 0 Å². The average molecular weight is 325 g/mol. The van der Waals surface area contributed by atoms with Crippen LogP contribution in [-0.2, 0) is 14.3 Å². The highest BCUT2D eigenvalue weighted by atomic mass is 16.5. The Bertz CT molecular complexity index is 334. The minimum Gasteiger partial charge on any atom is -0.462 e. The van der Waals surface area contributed by atoms with Crippen molar-refractivity contribution in [3.05, 3.63) is 24.3 Å². The molecule has 0 spiro atoms. The fraction of sp³-hybridized carbons (Fsp3) is 0.750. The van der Waals surface area contributed by atoms with Crippen molar-refractivity contribution < 1.29 is 14.3 Å². The van der Waals surface area contributed by atoms with Crippen LogP contribution in [0.3, 0.4) is 0 Å². The van der Waals surface area contributed by atoms with Gasteiger partial charge in [-0.3, -0.25) is 0 Å². The van der Waals surface area contributed by atoms with E-state index >= 15 is 0 Å². The monoisotopic (exact) mass is 324 g/mol. The molecule has 0 fully saturated rings. The van der Waals surface area contributed by atoms with Crippen molar-refractivity contribution in [2.45, 2.75) is 78.1 Å². The number of unbranched alkanes of at least 4 members (excludes halogenated alkanes) is 9. The maximum Gasteiger partial charge on any atom is 0.335 e. The van der Waals surface area contributed by atoms with E-state index < -0.39 is 0 Å². The normalized spacial score (nSPS) is 10.5. The van der Waals surface area contributed by atoms with Gasteiger partial charge >= 0.3 is 5.97 Å². The van der Waals surface area contributed by atoms with Gasteiger partial charge in [-0.1, -0.05) is 83.4 Å². The molecule has 0 amide bonds. The van der Waals surface area contributed by atoms with Crippen LogP contribution < -0.4 is 0 Å². The molecule has 0 saturated carbocycles. The summed E-state index contributed by atoms with van der Waals surface area (Å²) in [6.07, 6.45) is 12.7. The molecule has 0 radical (unpaired) electrons. The summed E-state index contributed by atoms with van der Waals surface area (Å²) in [5, 5.41) is 0. The van der Waals surface area contributed by atoms with Crippen molar-refractivity contribution >= 4 is 5.97 Å². The Balaban J connectivity index is 3.35. The smallest absolute Gasteiger partial charge is 0.335 e. The van der Waals surface area contributed by atoms with E-state index in [0.29, 0.717) is 18.8 Å². The second-order valence-electron chi connectivity index (χ2n) is 6.37. The quantitative estimate of drug-likeness (QED) is 0.160. The molecule has 0 aliphatic rings. The summed E-state index contributed by atoms with van der Waals surface area (Å²) in [5.41, 5.74) is 1.30. The number of hydrogen-bond donors (Lipinski definition) is 0. The van der Waals surface area contributed by atoms with E-state index in [-0.39, 0.29) is 12.6 Å². The van der Waals surface area contributed by atoms with Gasteiger partial charge in [-0.2, -0.15) is 0 Å². The third kappa shape index (κ3) is 15.6. The highest BCUT2D eigenvalue weighted by molar-refractivity contribution is 5.87. The molecule has 0 rings (SSSR count). The van der Waals surface area contributed by atoms with Crippen molar-refractivity contribution in [2.24, 2.45) is 0 Å². The molecule has 0 aliphatic heterocycles. The van der Waals surface area contributed by atoms with Crippen LogP contribution in [0.15, 0.2) is 24.3 Å². The van der Waals surface area contributed by atoms with Crippen molar-refractivity contribution in [3.63, 3.8) is 0 Å². The molecule has 0 N–H and O–H groups in total. The van der Waals surface area contributed by atoms with Gasteiger partial charge in [-0.05, 0) is 13.3 Å². The predicted molar refractivity (Wildman–Crippen MR) is 97.6 cm³/mol. The van der Waals surface area contributed by atoms with Gasteiger partial charge in [0.2, 0.25) is 0 Å². The van der Waals surface area contributed by atoms with Gasteiger partial charge in [0.25, 0.3) is 0 Å². The fourth-order valence-electron chi connectivity index (χ4n) is 2.26. The second-order valence-corrected chi connectivity index (χ2v) is 6.37. The largest absolute Gasteiger partial charge is 0.462 e. The van der Waals surface area contributed by atoms with E-state index in [1.54, 1.807) is 0 Å². The Hall–Kier alpha value is -1.09. The predicted octanol–water partition coefficient (Wildman–Crippen LogP) is 5.60. The van der Waals surface area contributed by atoms with E-state index in [2.05, 4.69) is 20.1 Å². The van der Waals surface area contributed by atoms with Gasteiger partial charge in [0, 0.05) is 0 Å². The van der Waals surface area contributed by atoms with Crippen LogP contribution in [0.25, 0.3) is 0 Å². The van der Waals surface area contributed by atoms with Crippen LogP contribution in [0, 0.1) is 0 Å². The lowest BCUT2D eigenvalue weighted by molar-refractivity contribution is -0.139. The van der Waals surface area contributed by atoms with E-state index in [1.807, 2.05) is 6.92 Å². The van der Waals surface area contributed by atoms with Gasteiger partial charge < -0.3 is 9.47 Å². The lowest BCUT2D eigenvalue weighted by atomic mass is 10.1. The number of ether oxygens (including phenoxy) is 2. The summed E-state index contributed by atoms with van der Waals surface area (Å²) in [4.78, 5) is 11.7. The van der Waals surface area contributed by atoms with Crippen LogP contribution in [0.5, 0.6) is 0 Å². The Morgan fingerprint density at radius 2 is 1.35 bits per heavy atom. The lowest BCUT2D eigenvalue weighted by Crippen LogP contribution is -2.13. The molecule has 0 heterocycles. The van der Waals surface area contributed by atoms with Gasteiger partial charge in [0.05, 0.1) is 25.4 Å². The first kappa shape index (κ1) is 21.9. The molecule has 0 aromatic heterocycles. The number of carbonyl (C=O) groups excluding carboxylic acids is 1. The zero-order valence-electron chi connectivity index (χ0n) is 15.3. The highest BCUT2D eigenvalue weighted by Crippen LogP contribution is 2.10. The standard InChI is InChI=1S/C20H36O3/c1-5-6-7-8-9-10-11-12-13-14-15-23-20(21)19(4)17-22-16-18(2)3/h2,4-17H2,1,3H3. The van der Waals surface area contributed by atoms with Gasteiger partial charge in [0.1, 0.15) is 0 Å². The third-order valence-electron chi connectivity index (χ3n) is 3.64. The number of esters is 1. The van der Waals surface area contributed by atoms with Crippen molar-refractivity contribution in [2.75, 3.05) is 19.8 Å². The lowest BCUT2D eigenvalue weighted by Gasteiger charge is -2.08. The summed E-state index contributed by atoms with van der Waals surface area (Å²) in [6.45, 7) is 12.7. The van der Waals surface area contributed by atoms with E-state index in [9.17, 15) is 4.79 Å².